The lowest BCUT2D eigenvalue weighted by Crippen LogP contribution is -2.13. The number of hydrogen-bond donors (Lipinski definition) is 0. The minimum atomic E-state index is 0.212. The van der Waals surface area contributed by atoms with Crippen molar-refractivity contribution in [2.24, 2.45) is 5.41 Å². The molecule has 0 aromatic carbocycles. The summed E-state index contributed by atoms with van der Waals surface area (Å²) in [4.78, 5) is 0. The zero-order chi connectivity index (χ0) is 8.74. The Morgan fingerprint density at radius 1 is 1.00 bits per heavy atom. The van der Waals surface area contributed by atoms with Crippen LogP contribution in [0.15, 0.2) is 25.3 Å². The summed E-state index contributed by atoms with van der Waals surface area (Å²) in [7, 11) is 0. The second-order valence-electron chi connectivity index (χ2n) is 3.14. The lowest BCUT2D eigenvalue weighted by molar-refractivity contribution is 0.406. The molecule has 0 saturated carbocycles. The molecule has 0 aromatic heterocycles. The molecule has 0 nitrogen and oxygen atoms in total. The molecular formula is C11H20. The molecule has 0 aliphatic rings. The Balaban J connectivity index is 4.18. The van der Waals surface area contributed by atoms with Crippen molar-refractivity contribution in [1.29, 1.82) is 0 Å². The Morgan fingerprint density at radius 2 is 1.36 bits per heavy atom. The standard InChI is InChI=1S/C11H20/c1-5-9-11(7-3,8-4)10-6-2/h7-8H,3-6,9-10H2,1-2H3. The van der Waals surface area contributed by atoms with Crippen LogP contribution >= 0.6 is 0 Å². The molecule has 0 bridgehead atoms. The zero-order valence-electron chi connectivity index (χ0n) is 7.90. The first-order valence-electron chi connectivity index (χ1n) is 4.52. The van der Waals surface area contributed by atoms with E-state index in [2.05, 4.69) is 27.0 Å². The average molecular weight is 152 g/mol. The topological polar surface area (TPSA) is 0 Å². The van der Waals surface area contributed by atoms with Gasteiger partial charge in [-0.25, -0.2) is 0 Å². The van der Waals surface area contributed by atoms with Crippen molar-refractivity contribution in [1.82, 2.24) is 0 Å². The summed E-state index contributed by atoms with van der Waals surface area (Å²) in [5, 5.41) is 0. The van der Waals surface area contributed by atoms with Crippen molar-refractivity contribution in [3.8, 4) is 0 Å². The highest BCUT2D eigenvalue weighted by atomic mass is 14.2. The predicted octanol–water partition coefficient (Wildman–Crippen LogP) is 3.95. The predicted molar refractivity (Wildman–Crippen MR) is 52.6 cm³/mol. The summed E-state index contributed by atoms with van der Waals surface area (Å²) in [6.45, 7) is 12.2. The van der Waals surface area contributed by atoms with E-state index in [-0.39, 0.29) is 5.41 Å². The van der Waals surface area contributed by atoms with Crippen LogP contribution in [0.2, 0.25) is 0 Å². The molecule has 0 N–H and O–H groups in total. The normalized spacial score (nSPS) is 11.1. The van der Waals surface area contributed by atoms with E-state index in [0.717, 1.165) is 0 Å². The summed E-state index contributed by atoms with van der Waals surface area (Å²) >= 11 is 0. The second kappa shape index (κ2) is 5.17. The minimum absolute atomic E-state index is 0.212. The Morgan fingerprint density at radius 3 is 1.55 bits per heavy atom. The second-order valence-corrected chi connectivity index (χ2v) is 3.14. The van der Waals surface area contributed by atoms with Crippen molar-refractivity contribution in [2.75, 3.05) is 0 Å². The third kappa shape index (κ3) is 2.92. The van der Waals surface area contributed by atoms with E-state index in [1.54, 1.807) is 0 Å². The summed E-state index contributed by atoms with van der Waals surface area (Å²) in [5.74, 6) is 0. The van der Waals surface area contributed by atoms with Crippen LogP contribution in [0.5, 0.6) is 0 Å². The van der Waals surface area contributed by atoms with Crippen molar-refractivity contribution in [3.05, 3.63) is 25.3 Å². The van der Waals surface area contributed by atoms with Crippen molar-refractivity contribution in [2.45, 2.75) is 39.5 Å². The maximum absolute atomic E-state index is 3.87. The lowest BCUT2D eigenvalue weighted by atomic mass is 9.80. The van der Waals surface area contributed by atoms with Gasteiger partial charge in [-0.1, -0.05) is 38.8 Å². The van der Waals surface area contributed by atoms with Gasteiger partial charge in [0.15, 0.2) is 0 Å². The molecule has 11 heavy (non-hydrogen) atoms. The van der Waals surface area contributed by atoms with Crippen LogP contribution in [0, 0.1) is 5.41 Å². The number of hydrogen-bond acceptors (Lipinski definition) is 0. The van der Waals surface area contributed by atoms with E-state index in [9.17, 15) is 0 Å². The van der Waals surface area contributed by atoms with Crippen LogP contribution in [0.25, 0.3) is 0 Å². The van der Waals surface area contributed by atoms with Crippen LogP contribution in [0.1, 0.15) is 39.5 Å². The first-order valence-corrected chi connectivity index (χ1v) is 4.52. The fourth-order valence-corrected chi connectivity index (χ4v) is 1.55. The largest absolute Gasteiger partial charge is 0.102 e. The Labute approximate surface area is 71.0 Å². The average Bonchev–Trinajstić information content (AvgIpc) is 2.04. The van der Waals surface area contributed by atoms with Crippen LogP contribution in [-0.2, 0) is 0 Å². The fourth-order valence-electron chi connectivity index (χ4n) is 1.55. The van der Waals surface area contributed by atoms with Gasteiger partial charge in [0, 0.05) is 5.41 Å². The van der Waals surface area contributed by atoms with Gasteiger partial charge in [-0.2, -0.15) is 0 Å². The molecular weight excluding hydrogens is 132 g/mol. The molecule has 0 aliphatic carbocycles. The van der Waals surface area contributed by atoms with E-state index in [1.165, 1.54) is 25.7 Å². The first-order chi connectivity index (χ1) is 5.24. The Kier molecular flexibility index (Phi) is 4.93. The van der Waals surface area contributed by atoms with Gasteiger partial charge in [0.1, 0.15) is 0 Å². The smallest absolute Gasteiger partial charge is 0.00554 e. The SMILES string of the molecule is C=CC(C=C)(CCC)CCC. The van der Waals surface area contributed by atoms with Crippen LogP contribution in [-0.4, -0.2) is 0 Å². The molecule has 0 heterocycles. The number of allylic oxidation sites excluding steroid dienone is 2. The Hall–Kier alpha value is -0.520. The maximum atomic E-state index is 3.87. The third-order valence-electron chi connectivity index (χ3n) is 2.24. The first kappa shape index (κ1) is 10.5. The molecule has 0 heteroatoms. The van der Waals surface area contributed by atoms with Gasteiger partial charge in [0.05, 0.1) is 0 Å². The molecule has 0 fully saturated rings. The van der Waals surface area contributed by atoms with E-state index in [4.69, 9.17) is 0 Å². The highest BCUT2D eigenvalue weighted by Crippen LogP contribution is 2.31. The van der Waals surface area contributed by atoms with Crippen molar-refractivity contribution >= 4 is 0 Å². The molecule has 0 unspecified atom stereocenters. The van der Waals surface area contributed by atoms with E-state index in [0.29, 0.717) is 0 Å². The highest BCUT2D eigenvalue weighted by molar-refractivity contribution is 5.05. The molecule has 0 aliphatic heterocycles. The van der Waals surface area contributed by atoms with Gasteiger partial charge in [0.25, 0.3) is 0 Å². The number of rotatable bonds is 6. The molecule has 0 saturated heterocycles. The summed E-state index contributed by atoms with van der Waals surface area (Å²) in [6, 6.07) is 0. The zero-order valence-corrected chi connectivity index (χ0v) is 7.90. The van der Waals surface area contributed by atoms with Gasteiger partial charge in [-0.15, -0.1) is 13.2 Å². The third-order valence-corrected chi connectivity index (χ3v) is 2.24. The molecule has 64 valence electrons. The molecule has 0 radical (unpaired) electrons. The summed E-state index contributed by atoms with van der Waals surface area (Å²) in [5.41, 5.74) is 0.212. The van der Waals surface area contributed by atoms with Gasteiger partial charge in [-0.05, 0) is 12.8 Å². The van der Waals surface area contributed by atoms with Crippen LogP contribution in [0.4, 0.5) is 0 Å². The quantitative estimate of drug-likeness (QED) is 0.506. The lowest BCUT2D eigenvalue weighted by Gasteiger charge is -2.25. The summed E-state index contributed by atoms with van der Waals surface area (Å²) in [6.07, 6.45) is 8.89. The van der Waals surface area contributed by atoms with E-state index in [1.807, 2.05) is 12.2 Å². The van der Waals surface area contributed by atoms with E-state index >= 15 is 0 Å². The minimum Gasteiger partial charge on any atom is -0.102 e. The molecule has 0 rings (SSSR count). The maximum Gasteiger partial charge on any atom is 0.00554 e. The molecule has 0 spiro atoms. The molecule has 0 aromatic rings. The van der Waals surface area contributed by atoms with Crippen molar-refractivity contribution in [3.63, 3.8) is 0 Å². The summed E-state index contributed by atoms with van der Waals surface area (Å²) < 4.78 is 0. The van der Waals surface area contributed by atoms with Crippen molar-refractivity contribution < 1.29 is 0 Å². The van der Waals surface area contributed by atoms with Gasteiger partial charge < -0.3 is 0 Å². The van der Waals surface area contributed by atoms with Gasteiger partial charge >= 0.3 is 0 Å². The monoisotopic (exact) mass is 152 g/mol. The fraction of sp³-hybridized carbons (Fsp3) is 0.636. The molecule has 0 atom stereocenters. The van der Waals surface area contributed by atoms with Gasteiger partial charge in [0.2, 0.25) is 0 Å². The molecule has 0 amide bonds. The van der Waals surface area contributed by atoms with E-state index < -0.39 is 0 Å². The Bertz CT molecular complexity index is 106. The van der Waals surface area contributed by atoms with Gasteiger partial charge in [-0.3, -0.25) is 0 Å². The van der Waals surface area contributed by atoms with Crippen LogP contribution in [0.3, 0.4) is 0 Å². The van der Waals surface area contributed by atoms with Crippen LogP contribution < -0.4 is 0 Å². The highest BCUT2D eigenvalue weighted by Gasteiger charge is 2.19.